The number of benzene rings is 1. The number of sulfonamides is 1. The molecule has 6 heteroatoms. The number of halogens is 1. The molecule has 0 atom stereocenters. The Bertz CT molecular complexity index is 568. The smallest absolute Gasteiger partial charge is 0.246 e. The summed E-state index contributed by atoms with van der Waals surface area (Å²) < 4.78 is 33.3. The fourth-order valence-corrected chi connectivity index (χ4v) is 4.66. The van der Waals surface area contributed by atoms with Gasteiger partial charge in [0, 0.05) is 17.6 Å². The minimum Gasteiger partial charge on any atom is -0.492 e. The first-order valence-electron chi connectivity index (χ1n) is 6.87. The van der Waals surface area contributed by atoms with E-state index >= 15 is 0 Å². The average molecular weight is 362 g/mol. The molecule has 1 fully saturated rings. The van der Waals surface area contributed by atoms with Crippen LogP contribution in [0.2, 0.25) is 0 Å². The Morgan fingerprint density at radius 3 is 2.60 bits per heavy atom. The normalized spacial score (nSPS) is 16.8. The highest BCUT2D eigenvalue weighted by atomic mass is 79.9. The molecule has 0 heterocycles. The highest BCUT2D eigenvalue weighted by Gasteiger charge is 2.32. The molecule has 0 aromatic heterocycles. The van der Waals surface area contributed by atoms with Gasteiger partial charge in [0.25, 0.3) is 0 Å². The van der Waals surface area contributed by atoms with Gasteiger partial charge in [-0.1, -0.05) is 28.8 Å². The lowest BCUT2D eigenvalue weighted by molar-refractivity contribution is 0.326. The van der Waals surface area contributed by atoms with Gasteiger partial charge in [-0.3, -0.25) is 0 Å². The molecule has 0 spiro atoms. The molecular weight excluding hydrogens is 342 g/mol. The van der Waals surface area contributed by atoms with Gasteiger partial charge in [-0.15, -0.1) is 0 Å². The Hall–Kier alpha value is -0.590. The maximum absolute atomic E-state index is 12.8. The molecule has 1 saturated carbocycles. The summed E-state index contributed by atoms with van der Waals surface area (Å²) in [5.41, 5.74) is 0. The van der Waals surface area contributed by atoms with Crippen LogP contribution in [-0.2, 0) is 10.0 Å². The van der Waals surface area contributed by atoms with E-state index in [-0.39, 0.29) is 10.9 Å². The van der Waals surface area contributed by atoms with Crippen molar-refractivity contribution in [2.75, 3.05) is 13.7 Å². The van der Waals surface area contributed by atoms with Crippen molar-refractivity contribution in [2.24, 2.45) is 0 Å². The summed E-state index contributed by atoms with van der Waals surface area (Å²) in [4.78, 5) is 0.239. The van der Waals surface area contributed by atoms with E-state index in [1.54, 1.807) is 25.2 Å². The van der Waals surface area contributed by atoms with Crippen molar-refractivity contribution < 1.29 is 13.2 Å². The van der Waals surface area contributed by atoms with Crippen molar-refractivity contribution >= 4 is 26.0 Å². The van der Waals surface area contributed by atoms with E-state index in [0.29, 0.717) is 12.4 Å². The zero-order chi connectivity index (χ0) is 14.8. The van der Waals surface area contributed by atoms with Gasteiger partial charge in [-0.2, -0.15) is 4.31 Å². The van der Waals surface area contributed by atoms with E-state index < -0.39 is 10.0 Å². The van der Waals surface area contributed by atoms with E-state index in [4.69, 9.17) is 4.74 Å². The van der Waals surface area contributed by atoms with Crippen LogP contribution in [0.1, 0.15) is 32.6 Å². The van der Waals surface area contributed by atoms with Crippen LogP contribution >= 0.6 is 15.9 Å². The van der Waals surface area contributed by atoms with Gasteiger partial charge in [-0.25, -0.2) is 8.42 Å². The van der Waals surface area contributed by atoms with Crippen molar-refractivity contribution in [3.8, 4) is 5.75 Å². The molecule has 0 amide bonds. The van der Waals surface area contributed by atoms with Crippen LogP contribution < -0.4 is 4.74 Å². The standard InChI is InChI=1S/C14H20BrNO3S/c1-3-19-13-9-8-11(15)10-14(13)20(17,18)16(2)12-6-4-5-7-12/h8-10,12H,3-7H2,1-2H3. The zero-order valence-electron chi connectivity index (χ0n) is 11.8. The minimum atomic E-state index is -3.52. The molecule has 0 saturated heterocycles. The number of hydrogen-bond donors (Lipinski definition) is 0. The van der Waals surface area contributed by atoms with Crippen LogP contribution in [0.25, 0.3) is 0 Å². The number of rotatable bonds is 5. The monoisotopic (exact) mass is 361 g/mol. The molecule has 0 unspecified atom stereocenters. The molecule has 112 valence electrons. The number of ether oxygens (including phenoxy) is 1. The lowest BCUT2D eigenvalue weighted by Crippen LogP contribution is -2.35. The zero-order valence-corrected chi connectivity index (χ0v) is 14.2. The van der Waals surface area contributed by atoms with Gasteiger partial charge in [0.2, 0.25) is 10.0 Å². The third-order valence-electron chi connectivity index (χ3n) is 3.70. The molecule has 0 bridgehead atoms. The van der Waals surface area contributed by atoms with Crippen molar-refractivity contribution in [1.82, 2.24) is 4.31 Å². The highest BCUT2D eigenvalue weighted by molar-refractivity contribution is 9.10. The molecule has 0 N–H and O–H groups in total. The van der Waals surface area contributed by atoms with Crippen LogP contribution in [0.15, 0.2) is 27.6 Å². The van der Waals surface area contributed by atoms with Gasteiger partial charge >= 0.3 is 0 Å². The van der Waals surface area contributed by atoms with Gasteiger partial charge in [0.05, 0.1) is 6.61 Å². The predicted molar refractivity (Wildman–Crippen MR) is 82.5 cm³/mol. The Morgan fingerprint density at radius 1 is 1.35 bits per heavy atom. The Labute approximate surface area is 129 Å². The Morgan fingerprint density at radius 2 is 2.00 bits per heavy atom. The van der Waals surface area contributed by atoms with Crippen molar-refractivity contribution in [2.45, 2.75) is 43.5 Å². The summed E-state index contributed by atoms with van der Waals surface area (Å²) in [6, 6.07) is 5.21. The SMILES string of the molecule is CCOc1ccc(Br)cc1S(=O)(=O)N(C)C1CCCC1. The average Bonchev–Trinajstić information content (AvgIpc) is 2.94. The largest absolute Gasteiger partial charge is 0.492 e. The first-order chi connectivity index (χ1) is 9.46. The third-order valence-corrected chi connectivity index (χ3v) is 6.13. The molecule has 1 aromatic rings. The van der Waals surface area contributed by atoms with Crippen LogP contribution in [0.5, 0.6) is 5.75 Å². The van der Waals surface area contributed by atoms with Crippen LogP contribution in [-0.4, -0.2) is 32.4 Å². The molecule has 20 heavy (non-hydrogen) atoms. The second-order valence-corrected chi connectivity index (χ2v) is 7.87. The maximum Gasteiger partial charge on any atom is 0.246 e. The Balaban J connectivity index is 2.39. The second-order valence-electron chi connectivity index (χ2n) is 4.98. The summed E-state index contributed by atoms with van der Waals surface area (Å²) in [5, 5.41) is 0. The molecule has 4 nitrogen and oxygen atoms in total. The van der Waals surface area contributed by atoms with Gasteiger partial charge < -0.3 is 4.74 Å². The second kappa shape index (κ2) is 6.45. The molecule has 1 aliphatic carbocycles. The van der Waals surface area contributed by atoms with Gasteiger partial charge in [0.15, 0.2) is 0 Å². The topological polar surface area (TPSA) is 46.6 Å². The quantitative estimate of drug-likeness (QED) is 0.807. The Kier molecular flexibility index (Phi) is 5.09. The minimum absolute atomic E-state index is 0.105. The molecular formula is C14H20BrNO3S. The lowest BCUT2D eigenvalue weighted by atomic mass is 10.3. The number of hydrogen-bond acceptors (Lipinski definition) is 3. The predicted octanol–water partition coefficient (Wildman–Crippen LogP) is 3.41. The lowest BCUT2D eigenvalue weighted by Gasteiger charge is -2.24. The summed E-state index contributed by atoms with van der Waals surface area (Å²) >= 11 is 3.33. The van der Waals surface area contributed by atoms with Crippen molar-refractivity contribution in [3.63, 3.8) is 0 Å². The maximum atomic E-state index is 12.8. The van der Waals surface area contributed by atoms with Gasteiger partial charge in [-0.05, 0) is 38.0 Å². The van der Waals surface area contributed by atoms with Crippen molar-refractivity contribution in [3.05, 3.63) is 22.7 Å². The summed E-state index contributed by atoms with van der Waals surface area (Å²) in [7, 11) is -1.85. The third kappa shape index (κ3) is 3.18. The fourth-order valence-electron chi connectivity index (χ4n) is 2.58. The van der Waals surface area contributed by atoms with Crippen LogP contribution in [0.4, 0.5) is 0 Å². The summed E-state index contributed by atoms with van der Waals surface area (Å²) in [6.45, 7) is 2.29. The highest BCUT2D eigenvalue weighted by Crippen LogP contribution is 2.33. The van der Waals surface area contributed by atoms with E-state index in [0.717, 1.165) is 30.2 Å². The van der Waals surface area contributed by atoms with E-state index in [1.807, 2.05) is 6.92 Å². The molecule has 1 aliphatic rings. The molecule has 0 radical (unpaired) electrons. The molecule has 0 aliphatic heterocycles. The van der Waals surface area contributed by atoms with E-state index in [2.05, 4.69) is 15.9 Å². The number of nitrogens with zero attached hydrogens (tertiary/aromatic N) is 1. The first-order valence-corrected chi connectivity index (χ1v) is 9.10. The first kappa shape index (κ1) is 15.8. The van der Waals surface area contributed by atoms with Crippen LogP contribution in [0, 0.1) is 0 Å². The molecule has 2 rings (SSSR count). The van der Waals surface area contributed by atoms with Crippen molar-refractivity contribution in [1.29, 1.82) is 0 Å². The van der Waals surface area contributed by atoms with Crippen LogP contribution in [0.3, 0.4) is 0 Å². The van der Waals surface area contributed by atoms with E-state index in [1.165, 1.54) is 4.31 Å². The summed E-state index contributed by atoms with van der Waals surface area (Å²) in [6.07, 6.45) is 4.07. The van der Waals surface area contributed by atoms with E-state index in [9.17, 15) is 8.42 Å². The van der Waals surface area contributed by atoms with Gasteiger partial charge in [0.1, 0.15) is 10.6 Å². The molecule has 1 aromatic carbocycles. The summed E-state index contributed by atoms with van der Waals surface area (Å²) in [5.74, 6) is 0.417. The fraction of sp³-hybridized carbons (Fsp3) is 0.571.